The number of hydrogen-bond acceptors (Lipinski definition) is 5. The Bertz CT molecular complexity index is 751. The Balaban J connectivity index is 1.32. The van der Waals surface area contributed by atoms with Crippen LogP contribution < -0.4 is 11.1 Å². The van der Waals surface area contributed by atoms with Crippen molar-refractivity contribution in [1.82, 2.24) is 10.2 Å². The van der Waals surface area contributed by atoms with Gasteiger partial charge in [-0.15, -0.1) is 11.8 Å². The summed E-state index contributed by atoms with van der Waals surface area (Å²) in [5, 5.41) is 3.70. The van der Waals surface area contributed by atoms with Gasteiger partial charge >= 0.3 is 0 Å². The number of nitrogens with zero attached hydrogens (tertiary/aromatic N) is 1. The molecule has 1 aliphatic carbocycles. The molecule has 1 aromatic carbocycles. The van der Waals surface area contributed by atoms with E-state index < -0.39 is 0 Å². The van der Waals surface area contributed by atoms with Crippen molar-refractivity contribution in [2.75, 3.05) is 18.8 Å². The molecule has 1 aliphatic heterocycles. The largest absolute Gasteiger partial charge is 0.329 e. The van der Waals surface area contributed by atoms with Crippen LogP contribution in [0.3, 0.4) is 0 Å². The van der Waals surface area contributed by atoms with Gasteiger partial charge in [0, 0.05) is 29.6 Å². The van der Waals surface area contributed by atoms with Crippen LogP contribution in [0.4, 0.5) is 0 Å². The summed E-state index contributed by atoms with van der Waals surface area (Å²) in [5.41, 5.74) is 7.87. The molecule has 2 atom stereocenters. The normalized spacial score (nSPS) is 18.0. The maximum atomic E-state index is 12.8. The number of rotatable bonds is 16. The lowest BCUT2D eigenvalue weighted by atomic mass is 9.98. The molecule has 2 unspecified atom stereocenters. The summed E-state index contributed by atoms with van der Waals surface area (Å²) < 4.78 is 0. The predicted octanol–water partition coefficient (Wildman–Crippen LogP) is 5.16. The predicted molar refractivity (Wildman–Crippen MR) is 138 cm³/mol. The number of nitrogens with two attached hydrogens (primary N) is 1. The molecular formula is C27H43N3O2S. The Hall–Kier alpha value is -1.37. The van der Waals surface area contributed by atoms with Crippen LogP contribution in [0.25, 0.3) is 0 Å². The highest BCUT2D eigenvalue weighted by Gasteiger charge is 2.33. The van der Waals surface area contributed by atoms with Crippen LogP contribution in [0.1, 0.15) is 93.5 Å². The molecule has 0 saturated heterocycles. The first-order valence-electron chi connectivity index (χ1n) is 13.1. The number of thioether (sulfide) groups is 1. The average molecular weight is 474 g/mol. The van der Waals surface area contributed by atoms with Gasteiger partial charge < -0.3 is 20.7 Å². The summed E-state index contributed by atoms with van der Waals surface area (Å²) in [7, 11) is 0. The summed E-state index contributed by atoms with van der Waals surface area (Å²) in [5.74, 6) is 1.88. The molecule has 1 fully saturated rings. The molecule has 1 heterocycles. The molecule has 2 aliphatic rings. The van der Waals surface area contributed by atoms with Gasteiger partial charge in [0.25, 0.3) is 5.91 Å². The number of amides is 1. The topological polar surface area (TPSA) is 75.4 Å². The second kappa shape index (κ2) is 14.1. The highest BCUT2D eigenvalue weighted by Crippen LogP contribution is 2.34. The van der Waals surface area contributed by atoms with Crippen LogP contribution in [-0.4, -0.2) is 48.0 Å². The maximum Gasteiger partial charge on any atom is 0.255 e. The highest BCUT2D eigenvalue weighted by atomic mass is 32.2. The van der Waals surface area contributed by atoms with Gasteiger partial charge in [0.1, 0.15) is 6.29 Å². The molecule has 33 heavy (non-hydrogen) atoms. The zero-order valence-electron chi connectivity index (χ0n) is 20.4. The van der Waals surface area contributed by atoms with E-state index >= 15 is 0 Å². The minimum Gasteiger partial charge on any atom is -0.329 e. The van der Waals surface area contributed by atoms with E-state index in [0.717, 1.165) is 55.0 Å². The zero-order valence-corrected chi connectivity index (χ0v) is 21.2. The number of hydrogen-bond donors (Lipinski definition) is 2. The first-order valence-corrected chi connectivity index (χ1v) is 14.1. The molecule has 0 spiro atoms. The third-order valence-electron chi connectivity index (χ3n) is 7.30. The van der Waals surface area contributed by atoms with E-state index in [9.17, 15) is 9.59 Å². The number of fused-ring (bicyclic) bond motifs is 1. The molecule has 6 heteroatoms. The van der Waals surface area contributed by atoms with E-state index in [4.69, 9.17) is 5.73 Å². The Morgan fingerprint density at radius 2 is 1.94 bits per heavy atom. The molecular weight excluding hydrogens is 430 g/mol. The lowest BCUT2D eigenvalue weighted by molar-refractivity contribution is -0.112. The van der Waals surface area contributed by atoms with Gasteiger partial charge in [-0.25, -0.2) is 0 Å². The van der Waals surface area contributed by atoms with Gasteiger partial charge in [0.2, 0.25) is 0 Å². The van der Waals surface area contributed by atoms with E-state index in [1.54, 1.807) is 4.90 Å². The molecule has 3 rings (SSSR count). The monoisotopic (exact) mass is 473 g/mol. The fourth-order valence-electron chi connectivity index (χ4n) is 5.35. The van der Waals surface area contributed by atoms with Crippen molar-refractivity contribution in [1.29, 1.82) is 0 Å². The first kappa shape index (κ1) is 26.2. The smallest absolute Gasteiger partial charge is 0.255 e. The quantitative estimate of drug-likeness (QED) is 0.197. The Morgan fingerprint density at radius 1 is 1.18 bits per heavy atom. The maximum absolute atomic E-state index is 12.8. The Morgan fingerprint density at radius 3 is 2.67 bits per heavy atom. The Kier molecular flexibility index (Phi) is 11.2. The van der Waals surface area contributed by atoms with Gasteiger partial charge in [-0.05, 0) is 68.0 Å². The summed E-state index contributed by atoms with van der Waals surface area (Å²) in [6, 6.07) is 6.22. The van der Waals surface area contributed by atoms with Crippen LogP contribution in [0.2, 0.25) is 0 Å². The summed E-state index contributed by atoms with van der Waals surface area (Å²) in [4.78, 5) is 27.3. The van der Waals surface area contributed by atoms with Crippen molar-refractivity contribution >= 4 is 24.0 Å². The standard InChI is InChI=1S/C27H43N3O2S/c1-2-11-22(20-31)30-19-24-23(27(30)32)14-10-15-26(24)33-17-9-5-3-4-8-16-29-25(18-28)21-12-6-7-13-21/h10,14-15,20-22,25,29H,2-9,11-13,16-19,28H2,1H3. The summed E-state index contributed by atoms with van der Waals surface area (Å²) in [6.45, 7) is 4.48. The van der Waals surface area contributed by atoms with Crippen LogP contribution in [0.15, 0.2) is 23.1 Å². The van der Waals surface area contributed by atoms with E-state index in [0.29, 0.717) is 12.6 Å². The van der Waals surface area contributed by atoms with Crippen molar-refractivity contribution in [2.24, 2.45) is 11.7 Å². The average Bonchev–Trinajstić information content (AvgIpc) is 3.48. The van der Waals surface area contributed by atoms with Gasteiger partial charge in [-0.3, -0.25) is 4.79 Å². The minimum absolute atomic E-state index is 0.0106. The third kappa shape index (κ3) is 7.30. The van der Waals surface area contributed by atoms with Crippen LogP contribution >= 0.6 is 11.8 Å². The molecule has 184 valence electrons. The van der Waals surface area contributed by atoms with Crippen molar-refractivity contribution in [3.8, 4) is 0 Å². The lowest BCUT2D eigenvalue weighted by Gasteiger charge is -2.23. The van der Waals surface area contributed by atoms with E-state index in [1.165, 1.54) is 62.7 Å². The summed E-state index contributed by atoms with van der Waals surface area (Å²) in [6.07, 6.45) is 14.2. The van der Waals surface area contributed by atoms with E-state index in [2.05, 4.69) is 18.3 Å². The first-order chi connectivity index (χ1) is 16.2. The SMILES string of the molecule is CCCC(C=O)N1Cc2c(SCCCCCCCNC(CN)C3CCCC3)cccc2C1=O. The molecule has 0 aromatic heterocycles. The molecule has 3 N–H and O–H groups in total. The number of carbonyl (C=O) groups excluding carboxylic acids is 2. The molecule has 1 aromatic rings. The van der Waals surface area contributed by atoms with Crippen LogP contribution in [-0.2, 0) is 11.3 Å². The molecule has 1 saturated carbocycles. The van der Waals surface area contributed by atoms with Gasteiger partial charge in [0.15, 0.2) is 0 Å². The zero-order chi connectivity index (χ0) is 23.5. The van der Waals surface area contributed by atoms with E-state index in [-0.39, 0.29) is 11.9 Å². The van der Waals surface area contributed by atoms with Crippen LogP contribution in [0.5, 0.6) is 0 Å². The van der Waals surface area contributed by atoms with Gasteiger partial charge in [-0.2, -0.15) is 0 Å². The van der Waals surface area contributed by atoms with Gasteiger partial charge in [-0.1, -0.05) is 51.5 Å². The number of nitrogens with one attached hydrogen (secondary N) is 1. The van der Waals surface area contributed by atoms with Crippen molar-refractivity contribution < 1.29 is 9.59 Å². The lowest BCUT2D eigenvalue weighted by Crippen LogP contribution is -2.41. The molecule has 0 radical (unpaired) electrons. The molecule has 0 bridgehead atoms. The van der Waals surface area contributed by atoms with Crippen LogP contribution in [0, 0.1) is 5.92 Å². The number of carbonyl (C=O) groups is 2. The number of aldehydes is 1. The highest BCUT2D eigenvalue weighted by molar-refractivity contribution is 7.99. The third-order valence-corrected chi connectivity index (χ3v) is 8.49. The fraction of sp³-hybridized carbons (Fsp3) is 0.704. The van der Waals surface area contributed by atoms with Crippen molar-refractivity contribution in [3.63, 3.8) is 0 Å². The molecule has 1 amide bonds. The molecule has 5 nitrogen and oxygen atoms in total. The van der Waals surface area contributed by atoms with Gasteiger partial charge in [0.05, 0.1) is 6.04 Å². The fourth-order valence-corrected chi connectivity index (χ4v) is 6.44. The second-order valence-electron chi connectivity index (χ2n) is 9.66. The van der Waals surface area contributed by atoms with Crippen molar-refractivity contribution in [3.05, 3.63) is 29.3 Å². The summed E-state index contributed by atoms with van der Waals surface area (Å²) >= 11 is 1.86. The number of unbranched alkanes of at least 4 members (excludes halogenated alkanes) is 4. The Labute approximate surface area is 204 Å². The van der Waals surface area contributed by atoms with E-state index in [1.807, 2.05) is 23.9 Å². The second-order valence-corrected chi connectivity index (χ2v) is 10.8. The van der Waals surface area contributed by atoms with Crippen molar-refractivity contribution in [2.45, 2.75) is 101 Å². The number of benzene rings is 1. The minimum atomic E-state index is -0.305.